The van der Waals surface area contributed by atoms with Crippen LogP contribution in [0, 0.1) is 23.2 Å². The third kappa shape index (κ3) is 5.88. The highest BCUT2D eigenvalue weighted by Crippen LogP contribution is 2.39. The minimum atomic E-state index is 0.608. The smallest absolute Gasteiger partial charge is 0.0303 e. The molecule has 1 rings (SSSR count). The van der Waals surface area contributed by atoms with E-state index in [0.29, 0.717) is 5.41 Å². The van der Waals surface area contributed by atoms with Gasteiger partial charge < -0.3 is 0 Å². The second kappa shape index (κ2) is 8.32. The summed E-state index contributed by atoms with van der Waals surface area (Å²) < 4.78 is 0. The van der Waals surface area contributed by atoms with E-state index >= 15 is 0 Å². The van der Waals surface area contributed by atoms with Gasteiger partial charge in [-0.1, -0.05) is 86.0 Å². The van der Waals surface area contributed by atoms with Gasteiger partial charge in [-0.3, -0.25) is 0 Å². The maximum atomic E-state index is 2.54. The Balaban J connectivity index is 2.49. The van der Waals surface area contributed by atoms with Crippen molar-refractivity contribution in [3.05, 3.63) is 0 Å². The van der Waals surface area contributed by atoms with Crippen LogP contribution in [0.15, 0.2) is 0 Å². The van der Waals surface area contributed by atoms with Crippen molar-refractivity contribution in [1.29, 1.82) is 0 Å². The largest absolute Gasteiger partial charge is 0.0625 e. The Bertz CT molecular complexity index is 212. The summed E-state index contributed by atoms with van der Waals surface area (Å²) in [6.45, 7) is 12.3. The Morgan fingerprint density at radius 3 is 1.58 bits per heavy atom. The van der Waals surface area contributed by atoms with Crippen molar-refractivity contribution in [2.45, 2.75) is 98.8 Å². The first kappa shape index (κ1) is 17.1. The zero-order chi connectivity index (χ0) is 14.3. The predicted octanol–water partition coefficient (Wildman–Crippen LogP) is 6.84. The van der Waals surface area contributed by atoms with E-state index < -0.39 is 0 Å². The van der Waals surface area contributed by atoms with Gasteiger partial charge >= 0.3 is 0 Å². The zero-order valence-electron chi connectivity index (χ0n) is 14.3. The Hall–Kier alpha value is 0. The van der Waals surface area contributed by atoms with E-state index in [-0.39, 0.29) is 0 Å². The molecule has 0 radical (unpaired) electrons. The van der Waals surface area contributed by atoms with Crippen molar-refractivity contribution in [2.24, 2.45) is 23.2 Å². The van der Waals surface area contributed by atoms with Gasteiger partial charge in [-0.25, -0.2) is 0 Å². The monoisotopic (exact) mass is 266 g/mol. The van der Waals surface area contributed by atoms with Crippen LogP contribution in [0.3, 0.4) is 0 Å². The molecule has 0 aromatic heterocycles. The van der Waals surface area contributed by atoms with E-state index in [1.807, 2.05) is 0 Å². The van der Waals surface area contributed by atoms with E-state index in [0.717, 1.165) is 17.8 Å². The highest BCUT2D eigenvalue weighted by molar-refractivity contribution is 4.78. The van der Waals surface area contributed by atoms with Gasteiger partial charge in [0.1, 0.15) is 0 Å². The maximum absolute atomic E-state index is 2.54. The summed E-state index contributed by atoms with van der Waals surface area (Å²) in [5.74, 6) is 2.73. The van der Waals surface area contributed by atoms with Crippen LogP contribution in [0.1, 0.15) is 98.8 Å². The summed E-state index contributed by atoms with van der Waals surface area (Å²) in [7, 11) is 0. The topological polar surface area (TPSA) is 0 Å². The molecule has 0 aromatic rings. The van der Waals surface area contributed by atoms with Crippen molar-refractivity contribution in [2.75, 3.05) is 0 Å². The Morgan fingerprint density at radius 1 is 0.737 bits per heavy atom. The highest BCUT2D eigenvalue weighted by atomic mass is 14.3. The first-order valence-corrected chi connectivity index (χ1v) is 8.96. The molecule has 1 aliphatic carbocycles. The number of rotatable bonds is 2. The van der Waals surface area contributed by atoms with Crippen LogP contribution in [-0.2, 0) is 0 Å². The third-order valence-electron chi connectivity index (χ3n) is 5.98. The molecule has 0 atom stereocenters. The van der Waals surface area contributed by atoms with Crippen LogP contribution in [0.25, 0.3) is 0 Å². The second-order valence-electron chi connectivity index (χ2n) is 8.01. The second-order valence-corrected chi connectivity index (χ2v) is 8.01. The fourth-order valence-corrected chi connectivity index (χ4v) is 3.74. The summed E-state index contributed by atoms with van der Waals surface area (Å²) in [6.07, 6.45) is 14.7. The van der Waals surface area contributed by atoms with Gasteiger partial charge in [-0.05, 0) is 36.0 Å². The van der Waals surface area contributed by atoms with Gasteiger partial charge in [-0.15, -0.1) is 0 Å². The normalized spacial score (nSPS) is 32.1. The quantitative estimate of drug-likeness (QED) is 0.513. The molecule has 19 heavy (non-hydrogen) atoms. The maximum Gasteiger partial charge on any atom is -0.0303 e. The molecule has 1 aliphatic rings. The Morgan fingerprint density at radius 2 is 1.21 bits per heavy atom. The lowest BCUT2D eigenvalue weighted by Gasteiger charge is -2.35. The summed E-state index contributed by atoms with van der Waals surface area (Å²) >= 11 is 0. The van der Waals surface area contributed by atoms with Crippen LogP contribution in [0.2, 0.25) is 0 Å². The standard InChI is InChI=1S/C19H38/c1-16(2)18-12-8-6-10-14-19(5,17(3)4)15-11-7-9-13-18/h16-18H,6-15H2,1-5H3. The molecule has 0 unspecified atom stereocenters. The minimum Gasteiger partial charge on any atom is -0.0625 e. The number of hydrogen-bond donors (Lipinski definition) is 0. The third-order valence-corrected chi connectivity index (χ3v) is 5.98. The van der Waals surface area contributed by atoms with Gasteiger partial charge in [0.15, 0.2) is 0 Å². The van der Waals surface area contributed by atoms with Crippen LogP contribution in [-0.4, -0.2) is 0 Å². The molecule has 0 spiro atoms. The van der Waals surface area contributed by atoms with Crippen LogP contribution in [0.5, 0.6) is 0 Å². The molecule has 0 N–H and O–H groups in total. The molecule has 0 nitrogen and oxygen atoms in total. The Labute approximate surface area is 122 Å². The zero-order valence-corrected chi connectivity index (χ0v) is 14.3. The average Bonchev–Trinajstić information content (AvgIpc) is 2.32. The lowest BCUT2D eigenvalue weighted by molar-refractivity contribution is 0.164. The van der Waals surface area contributed by atoms with Crippen molar-refractivity contribution in [3.8, 4) is 0 Å². The molecule has 1 fully saturated rings. The summed E-state index contributed by atoms with van der Waals surface area (Å²) in [4.78, 5) is 0. The molecule has 0 aliphatic heterocycles. The minimum absolute atomic E-state index is 0.608. The molecule has 0 bridgehead atoms. The molecule has 114 valence electrons. The van der Waals surface area contributed by atoms with Crippen LogP contribution < -0.4 is 0 Å². The lowest BCUT2D eigenvalue weighted by Crippen LogP contribution is -2.23. The molecule has 0 aromatic carbocycles. The SMILES string of the molecule is CC(C)C1CCCCCC(C)(C(C)C)CCCCC1. The Kier molecular flexibility index (Phi) is 7.47. The average molecular weight is 267 g/mol. The first-order valence-electron chi connectivity index (χ1n) is 8.96. The van der Waals surface area contributed by atoms with Crippen LogP contribution in [0.4, 0.5) is 0 Å². The summed E-state index contributed by atoms with van der Waals surface area (Å²) in [5.41, 5.74) is 0.608. The molecule has 0 amide bonds. The van der Waals surface area contributed by atoms with Gasteiger partial charge in [0, 0.05) is 0 Å². The van der Waals surface area contributed by atoms with E-state index in [2.05, 4.69) is 34.6 Å². The van der Waals surface area contributed by atoms with Gasteiger partial charge in [0.2, 0.25) is 0 Å². The van der Waals surface area contributed by atoms with Crippen molar-refractivity contribution >= 4 is 0 Å². The van der Waals surface area contributed by atoms with Crippen LogP contribution >= 0.6 is 0 Å². The first-order chi connectivity index (χ1) is 8.96. The molecular weight excluding hydrogens is 228 g/mol. The molecule has 0 heterocycles. The fourth-order valence-electron chi connectivity index (χ4n) is 3.74. The van der Waals surface area contributed by atoms with E-state index in [9.17, 15) is 0 Å². The van der Waals surface area contributed by atoms with E-state index in [4.69, 9.17) is 0 Å². The van der Waals surface area contributed by atoms with E-state index in [1.165, 1.54) is 64.2 Å². The summed E-state index contributed by atoms with van der Waals surface area (Å²) in [6, 6.07) is 0. The van der Waals surface area contributed by atoms with Gasteiger partial charge in [0.25, 0.3) is 0 Å². The van der Waals surface area contributed by atoms with Crippen molar-refractivity contribution < 1.29 is 0 Å². The number of hydrogen-bond acceptors (Lipinski definition) is 0. The molecular formula is C19H38. The predicted molar refractivity (Wildman–Crippen MR) is 87.4 cm³/mol. The van der Waals surface area contributed by atoms with Crippen molar-refractivity contribution in [1.82, 2.24) is 0 Å². The highest BCUT2D eigenvalue weighted by Gasteiger charge is 2.27. The summed E-state index contributed by atoms with van der Waals surface area (Å²) in [5, 5.41) is 0. The fraction of sp³-hybridized carbons (Fsp3) is 1.00. The van der Waals surface area contributed by atoms with Gasteiger partial charge in [0.05, 0.1) is 0 Å². The van der Waals surface area contributed by atoms with Crippen molar-refractivity contribution in [3.63, 3.8) is 0 Å². The van der Waals surface area contributed by atoms with E-state index in [1.54, 1.807) is 0 Å². The lowest BCUT2D eigenvalue weighted by atomic mass is 9.71. The molecule has 1 saturated carbocycles. The molecule has 0 heteroatoms. The van der Waals surface area contributed by atoms with Gasteiger partial charge in [-0.2, -0.15) is 0 Å². The molecule has 0 saturated heterocycles.